The maximum Gasteiger partial charge on any atom is 0.240 e. The summed E-state index contributed by atoms with van der Waals surface area (Å²) < 4.78 is 20.7. The largest absolute Gasteiger partial charge is 0.375 e. The van der Waals surface area contributed by atoms with Gasteiger partial charge in [0.2, 0.25) is 5.91 Å². The number of ether oxygens (including phenoxy) is 1. The van der Waals surface area contributed by atoms with E-state index in [9.17, 15) is 9.18 Å². The molecule has 7 heteroatoms. The number of benzene rings is 2. The van der Waals surface area contributed by atoms with E-state index >= 15 is 0 Å². The molecular weight excluding hydrogens is 371 g/mol. The van der Waals surface area contributed by atoms with Crippen molar-refractivity contribution in [3.63, 3.8) is 0 Å². The zero-order valence-electron chi connectivity index (χ0n) is 16.1. The highest BCUT2D eigenvalue weighted by Gasteiger charge is 2.28. The number of aromatic nitrogens is 2. The summed E-state index contributed by atoms with van der Waals surface area (Å²) in [6.07, 6.45) is 1.70. The summed E-state index contributed by atoms with van der Waals surface area (Å²) >= 11 is 0. The van der Waals surface area contributed by atoms with Crippen LogP contribution in [0.4, 0.5) is 4.39 Å². The summed E-state index contributed by atoms with van der Waals surface area (Å²) in [5, 5.41) is 10.9. The number of para-hydroxylation sites is 1. The highest BCUT2D eigenvalue weighted by atomic mass is 19.1. The standard InChI is InChI=1S/C22H23FN4O2/c1-15-20(24-11-12-29-15)22(28)25-13-17-14-27(19-5-3-2-4-6-19)26-21(17)16-7-9-18(23)10-8-16/h2-10,14-15,20,24H,11-13H2,1H3,(H,25,28)/t15-,20+/m1/s1. The molecule has 0 unspecified atom stereocenters. The molecule has 4 rings (SSSR count). The fourth-order valence-corrected chi connectivity index (χ4v) is 3.42. The predicted octanol–water partition coefficient (Wildman–Crippen LogP) is 2.67. The van der Waals surface area contributed by atoms with E-state index in [1.165, 1.54) is 12.1 Å². The second-order valence-corrected chi connectivity index (χ2v) is 7.02. The van der Waals surface area contributed by atoms with Crippen LogP contribution in [0.5, 0.6) is 0 Å². The maximum atomic E-state index is 13.4. The van der Waals surface area contributed by atoms with Crippen LogP contribution in [0.15, 0.2) is 60.8 Å². The second kappa shape index (κ2) is 8.55. The Labute approximate surface area is 168 Å². The van der Waals surface area contributed by atoms with Gasteiger partial charge in [0.05, 0.1) is 24.1 Å². The minimum Gasteiger partial charge on any atom is -0.375 e. The van der Waals surface area contributed by atoms with Gasteiger partial charge in [0.15, 0.2) is 0 Å². The average molecular weight is 394 g/mol. The molecule has 0 bridgehead atoms. The molecule has 1 aliphatic rings. The van der Waals surface area contributed by atoms with Crippen molar-refractivity contribution in [1.82, 2.24) is 20.4 Å². The SMILES string of the molecule is C[C@H]1OCCN[C@@H]1C(=O)NCc1cn(-c2ccccc2)nc1-c1ccc(F)cc1. The Balaban J connectivity index is 1.59. The van der Waals surface area contributed by atoms with Crippen LogP contribution in [-0.2, 0) is 16.1 Å². The van der Waals surface area contributed by atoms with Crippen LogP contribution in [0.3, 0.4) is 0 Å². The molecule has 6 nitrogen and oxygen atoms in total. The predicted molar refractivity (Wildman–Crippen MR) is 108 cm³/mol. The lowest BCUT2D eigenvalue weighted by atomic mass is 10.1. The van der Waals surface area contributed by atoms with Crippen LogP contribution in [-0.4, -0.2) is 41.0 Å². The van der Waals surface area contributed by atoms with E-state index in [1.807, 2.05) is 43.5 Å². The Morgan fingerprint density at radius 2 is 2.00 bits per heavy atom. The third kappa shape index (κ3) is 4.36. The van der Waals surface area contributed by atoms with Crippen molar-refractivity contribution in [2.24, 2.45) is 0 Å². The molecule has 0 spiro atoms. The van der Waals surface area contributed by atoms with Gasteiger partial charge in [0, 0.05) is 30.4 Å². The molecule has 150 valence electrons. The lowest BCUT2D eigenvalue weighted by Crippen LogP contribution is -2.55. The minimum atomic E-state index is -0.387. The van der Waals surface area contributed by atoms with Gasteiger partial charge in [-0.2, -0.15) is 5.10 Å². The third-order valence-corrected chi connectivity index (χ3v) is 4.98. The Morgan fingerprint density at radius 1 is 1.24 bits per heavy atom. The van der Waals surface area contributed by atoms with Crippen molar-refractivity contribution in [3.05, 3.63) is 72.2 Å². The smallest absolute Gasteiger partial charge is 0.240 e. The summed E-state index contributed by atoms with van der Waals surface area (Å²) in [6.45, 7) is 3.44. The van der Waals surface area contributed by atoms with Gasteiger partial charge in [0.25, 0.3) is 0 Å². The minimum absolute atomic E-state index is 0.116. The summed E-state index contributed by atoms with van der Waals surface area (Å²) in [7, 11) is 0. The monoisotopic (exact) mass is 394 g/mol. The van der Waals surface area contributed by atoms with Crippen LogP contribution >= 0.6 is 0 Å². The second-order valence-electron chi connectivity index (χ2n) is 7.02. The molecule has 0 radical (unpaired) electrons. The van der Waals surface area contributed by atoms with Crippen molar-refractivity contribution < 1.29 is 13.9 Å². The molecule has 1 aromatic heterocycles. The number of morpholine rings is 1. The van der Waals surface area contributed by atoms with E-state index in [2.05, 4.69) is 15.7 Å². The normalized spacial score (nSPS) is 19.1. The van der Waals surface area contributed by atoms with Gasteiger partial charge >= 0.3 is 0 Å². The molecule has 29 heavy (non-hydrogen) atoms. The van der Waals surface area contributed by atoms with E-state index in [-0.39, 0.29) is 23.9 Å². The van der Waals surface area contributed by atoms with Crippen molar-refractivity contribution in [2.75, 3.05) is 13.2 Å². The van der Waals surface area contributed by atoms with E-state index in [4.69, 9.17) is 4.74 Å². The van der Waals surface area contributed by atoms with Gasteiger partial charge in [-0.25, -0.2) is 9.07 Å². The van der Waals surface area contributed by atoms with E-state index in [0.29, 0.717) is 25.4 Å². The molecule has 2 atom stereocenters. The molecule has 3 aromatic rings. The number of carbonyl (C=O) groups is 1. The van der Waals surface area contributed by atoms with Crippen molar-refractivity contribution >= 4 is 5.91 Å². The van der Waals surface area contributed by atoms with Crippen LogP contribution in [0.2, 0.25) is 0 Å². The topological polar surface area (TPSA) is 68.2 Å². The van der Waals surface area contributed by atoms with Gasteiger partial charge in [-0.1, -0.05) is 18.2 Å². The van der Waals surface area contributed by atoms with Crippen LogP contribution in [0.1, 0.15) is 12.5 Å². The zero-order chi connectivity index (χ0) is 20.2. The maximum absolute atomic E-state index is 13.4. The number of amides is 1. The highest BCUT2D eigenvalue weighted by Crippen LogP contribution is 2.24. The van der Waals surface area contributed by atoms with Gasteiger partial charge in [-0.05, 0) is 43.3 Å². The fraction of sp³-hybridized carbons (Fsp3) is 0.273. The molecule has 0 saturated carbocycles. The van der Waals surface area contributed by atoms with Gasteiger partial charge in [-0.15, -0.1) is 0 Å². The molecule has 1 aliphatic heterocycles. The molecule has 2 aromatic carbocycles. The Morgan fingerprint density at radius 3 is 2.72 bits per heavy atom. The van der Waals surface area contributed by atoms with E-state index in [1.54, 1.807) is 16.8 Å². The molecule has 1 fully saturated rings. The molecular formula is C22H23FN4O2. The van der Waals surface area contributed by atoms with Gasteiger partial charge in [0.1, 0.15) is 11.9 Å². The highest BCUT2D eigenvalue weighted by molar-refractivity contribution is 5.82. The first-order valence-electron chi connectivity index (χ1n) is 9.64. The zero-order valence-corrected chi connectivity index (χ0v) is 16.1. The number of carbonyl (C=O) groups excluding carboxylic acids is 1. The lowest BCUT2D eigenvalue weighted by molar-refractivity contribution is -0.129. The fourth-order valence-electron chi connectivity index (χ4n) is 3.42. The summed E-state index contributed by atoms with van der Waals surface area (Å²) in [4.78, 5) is 12.6. The Bertz CT molecular complexity index is 972. The first-order valence-corrected chi connectivity index (χ1v) is 9.64. The first-order chi connectivity index (χ1) is 14.1. The van der Waals surface area contributed by atoms with E-state index in [0.717, 1.165) is 16.8 Å². The number of hydrogen-bond acceptors (Lipinski definition) is 4. The number of nitrogens with one attached hydrogen (secondary N) is 2. The van der Waals surface area contributed by atoms with Crippen LogP contribution < -0.4 is 10.6 Å². The lowest BCUT2D eigenvalue weighted by Gasteiger charge is -2.29. The summed E-state index contributed by atoms with van der Waals surface area (Å²) in [5.74, 6) is -0.418. The van der Waals surface area contributed by atoms with Gasteiger partial charge < -0.3 is 15.4 Å². The quantitative estimate of drug-likeness (QED) is 0.698. The molecule has 2 N–H and O–H groups in total. The molecule has 1 amide bonds. The van der Waals surface area contributed by atoms with E-state index < -0.39 is 0 Å². The summed E-state index contributed by atoms with van der Waals surface area (Å²) in [5.41, 5.74) is 3.25. The van der Waals surface area contributed by atoms with Crippen molar-refractivity contribution in [1.29, 1.82) is 0 Å². The number of hydrogen-bond donors (Lipinski definition) is 2. The van der Waals surface area contributed by atoms with Crippen molar-refractivity contribution in [2.45, 2.75) is 25.6 Å². The molecule has 1 saturated heterocycles. The Kier molecular flexibility index (Phi) is 5.69. The summed E-state index contributed by atoms with van der Waals surface area (Å²) in [6, 6.07) is 15.5. The number of halogens is 1. The Hall–Kier alpha value is -3.03. The number of nitrogens with zero attached hydrogens (tertiary/aromatic N) is 2. The van der Waals surface area contributed by atoms with Crippen LogP contribution in [0, 0.1) is 5.82 Å². The third-order valence-electron chi connectivity index (χ3n) is 4.98. The van der Waals surface area contributed by atoms with Crippen LogP contribution in [0.25, 0.3) is 16.9 Å². The first kappa shape index (κ1) is 19.3. The average Bonchev–Trinajstić information content (AvgIpc) is 3.18. The molecule has 0 aliphatic carbocycles. The van der Waals surface area contributed by atoms with Gasteiger partial charge in [-0.3, -0.25) is 4.79 Å². The number of rotatable bonds is 5. The van der Waals surface area contributed by atoms with Crippen molar-refractivity contribution in [3.8, 4) is 16.9 Å². The molecule has 2 heterocycles.